The number of rotatable bonds is 5. The molecule has 4 aliphatic rings. The molecule has 2 heterocycles. The van der Waals surface area contributed by atoms with E-state index < -0.39 is 0 Å². The van der Waals surface area contributed by atoms with Gasteiger partial charge in [0.05, 0.1) is 6.61 Å². The minimum absolute atomic E-state index is 0.142. The topological polar surface area (TPSA) is 53.1 Å². The first-order valence-corrected chi connectivity index (χ1v) is 10.5. The predicted octanol–water partition coefficient (Wildman–Crippen LogP) is 1.90. The van der Waals surface area contributed by atoms with E-state index in [0.29, 0.717) is 42.2 Å². The number of nitrogens with zero attached hydrogens (tertiary/aromatic N) is 3. The summed E-state index contributed by atoms with van der Waals surface area (Å²) in [7, 11) is 0. The number of amides is 2. The molecule has 0 radical (unpaired) electrons. The van der Waals surface area contributed by atoms with Gasteiger partial charge in [0.2, 0.25) is 5.91 Å². The lowest BCUT2D eigenvalue weighted by Crippen LogP contribution is -2.54. The summed E-state index contributed by atoms with van der Waals surface area (Å²) in [6, 6.07) is 0.609. The van der Waals surface area contributed by atoms with Gasteiger partial charge in [-0.25, -0.2) is 4.79 Å². The van der Waals surface area contributed by atoms with Gasteiger partial charge in [-0.2, -0.15) is 0 Å². The Hall–Kier alpha value is -1.30. The van der Waals surface area contributed by atoms with Crippen molar-refractivity contribution in [1.82, 2.24) is 14.7 Å². The van der Waals surface area contributed by atoms with E-state index in [1.165, 1.54) is 12.8 Å². The number of likely N-dealkylation sites (tertiary alicyclic amines) is 2. The second-order valence-corrected chi connectivity index (χ2v) is 8.51. The van der Waals surface area contributed by atoms with Gasteiger partial charge in [-0.1, -0.05) is 0 Å². The van der Waals surface area contributed by atoms with Gasteiger partial charge >= 0.3 is 6.09 Å². The molecule has 2 amide bonds. The monoisotopic (exact) mass is 363 g/mol. The SMILES string of the molecule is CCOC(=O)N1CC2CCC(C1)C2N1C[C@@H]2C(C(=O)N(CC)CC)[C@@H]2C1. The first-order chi connectivity index (χ1) is 12.6. The van der Waals surface area contributed by atoms with E-state index in [2.05, 4.69) is 18.7 Å². The highest BCUT2D eigenvalue weighted by atomic mass is 16.6. The minimum Gasteiger partial charge on any atom is -0.450 e. The number of hydrogen-bond donors (Lipinski definition) is 0. The summed E-state index contributed by atoms with van der Waals surface area (Å²) in [5, 5.41) is 0. The molecule has 0 aromatic heterocycles. The largest absolute Gasteiger partial charge is 0.450 e. The Labute approximate surface area is 156 Å². The number of carbonyl (C=O) groups excluding carboxylic acids is 2. The van der Waals surface area contributed by atoms with Crippen molar-refractivity contribution in [2.24, 2.45) is 29.6 Å². The fraction of sp³-hybridized carbons (Fsp3) is 0.900. The summed E-state index contributed by atoms with van der Waals surface area (Å²) in [6.45, 7) is 12.0. The number of fused-ring (bicyclic) bond motifs is 3. The highest BCUT2D eigenvalue weighted by molar-refractivity contribution is 5.82. The predicted molar refractivity (Wildman–Crippen MR) is 98.6 cm³/mol. The maximum absolute atomic E-state index is 12.6. The Morgan fingerprint density at radius 1 is 0.962 bits per heavy atom. The standard InChI is InChI=1S/C20H33N3O3/c1-4-21(5-2)19(24)17-15-11-22(12-16(15)17)18-13-7-8-14(18)10-23(9-13)20(25)26-6-3/h13-18H,4-12H2,1-3H3/t13?,14?,15-,16+,17?,18?. The zero-order valence-electron chi connectivity index (χ0n) is 16.4. The molecule has 2 aliphatic carbocycles. The third-order valence-corrected chi connectivity index (χ3v) is 7.31. The van der Waals surface area contributed by atoms with Gasteiger partial charge < -0.3 is 14.5 Å². The van der Waals surface area contributed by atoms with Crippen molar-refractivity contribution in [2.75, 3.05) is 45.9 Å². The van der Waals surface area contributed by atoms with Crippen LogP contribution in [0, 0.1) is 29.6 Å². The number of ether oxygens (including phenoxy) is 1. The summed E-state index contributed by atoms with van der Waals surface area (Å²) >= 11 is 0. The lowest BCUT2D eigenvalue weighted by Gasteiger charge is -2.42. The Kier molecular flexibility index (Phi) is 4.88. The number of piperidine rings is 2. The van der Waals surface area contributed by atoms with Crippen molar-refractivity contribution in [3.05, 3.63) is 0 Å². The van der Waals surface area contributed by atoms with Crippen LogP contribution in [0.5, 0.6) is 0 Å². The summed E-state index contributed by atoms with van der Waals surface area (Å²) < 4.78 is 5.21. The molecule has 0 aromatic rings. The van der Waals surface area contributed by atoms with Crippen LogP contribution in [-0.4, -0.2) is 78.6 Å². The number of carbonyl (C=O) groups is 2. The van der Waals surface area contributed by atoms with Crippen molar-refractivity contribution >= 4 is 12.0 Å². The minimum atomic E-state index is -0.142. The first kappa shape index (κ1) is 18.1. The molecule has 5 atom stereocenters. The molecule has 146 valence electrons. The maximum Gasteiger partial charge on any atom is 0.409 e. The third-order valence-electron chi connectivity index (χ3n) is 7.31. The lowest BCUT2D eigenvalue weighted by molar-refractivity contribution is -0.133. The molecule has 6 nitrogen and oxygen atoms in total. The van der Waals surface area contributed by atoms with Crippen molar-refractivity contribution in [3.8, 4) is 0 Å². The maximum atomic E-state index is 12.6. The molecule has 4 rings (SSSR count). The summed E-state index contributed by atoms with van der Waals surface area (Å²) in [4.78, 5) is 31.3. The number of hydrogen-bond acceptors (Lipinski definition) is 4. The Morgan fingerprint density at radius 2 is 1.54 bits per heavy atom. The van der Waals surface area contributed by atoms with E-state index in [9.17, 15) is 9.59 Å². The van der Waals surface area contributed by atoms with Crippen molar-refractivity contribution in [1.29, 1.82) is 0 Å². The molecule has 0 aromatic carbocycles. The van der Waals surface area contributed by atoms with Crippen LogP contribution in [0.3, 0.4) is 0 Å². The first-order valence-electron chi connectivity index (χ1n) is 10.5. The second-order valence-electron chi connectivity index (χ2n) is 8.51. The second kappa shape index (κ2) is 7.02. The van der Waals surface area contributed by atoms with Gasteiger partial charge in [-0.3, -0.25) is 9.69 Å². The molecular weight excluding hydrogens is 330 g/mol. The molecule has 2 saturated heterocycles. The third kappa shape index (κ3) is 2.90. The molecule has 0 spiro atoms. The molecule has 2 saturated carbocycles. The van der Waals surface area contributed by atoms with E-state index in [-0.39, 0.29) is 12.0 Å². The molecule has 2 aliphatic heterocycles. The molecule has 26 heavy (non-hydrogen) atoms. The zero-order chi connectivity index (χ0) is 18.4. The van der Waals surface area contributed by atoms with Crippen molar-refractivity contribution in [2.45, 2.75) is 39.7 Å². The molecule has 2 bridgehead atoms. The summed E-state index contributed by atoms with van der Waals surface area (Å²) in [5.41, 5.74) is 0. The summed E-state index contributed by atoms with van der Waals surface area (Å²) in [6.07, 6.45) is 2.30. The lowest BCUT2D eigenvalue weighted by atomic mass is 9.90. The van der Waals surface area contributed by atoms with Crippen LogP contribution >= 0.6 is 0 Å². The fourth-order valence-electron chi connectivity index (χ4n) is 6.07. The Morgan fingerprint density at radius 3 is 2.04 bits per heavy atom. The van der Waals surface area contributed by atoms with Crippen LogP contribution in [0.4, 0.5) is 4.79 Å². The quantitative estimate of drug-likeness (QED) is 0.749. The van der Waals surface area contributed by atoms with Gasteiger partial charge in [0.1, 0.15) is 0 Å². The van der Waals surface area contributed by atoms with Crippen LogP contribution in [0.25, 0.3) is 0 Å². The normalized spacial score (nSPS) is 38.2. The average Bonchev–Trinajstić information content (AvgIpc) is 3.00. The van der Waals surface area contributed by atoms with E-state index >= 15 is 0 Å². The van der Waals surface area contributed by atoms with E-state index in [0.717, 1.165) is 39.3 Å². The summed E-state index contributed by atoms with van der Waals surface area (Å²) in [5.74, 6) is 2.96. The smallest absolute Gasteiger partial charge is 0.409 e. The van der Waals surface area contributed by atoms with Gasteiger partial charge in [-0.15, -0.1) is 0 Å². The van der Waals surface area contributed by atoms with Crippen LogP contribution in [0.1, 0.15) is 33.6 Å². The zero-order valence-corrected chi connectivity index (χ0v) is 16.4. The van der Waals surface area contributed by atoms with Gasteiger partial charge in [0, 0.05) is 51.2 Å². The van der Waals surface area contributed by atoms with E-state index in [1.807, 2.05) is 16.7 Å². The molecule has 3 unspecified atom stereocenters. The Balaban J connectivity index is 1.33. The molecule has 0 N–H and O–H groups in total. The van der Waals surface area contributed by atoms with Crippen LogP contribution in [-0.2, 0) is 9.53 Å². The van der Waals surface area contributed by atoms with Crippen molar-refractivity contribution < 1.29 is 14.3 Å². The highest BCUT2D eigenvalue weighted by Gasteiger charge is 2.62. The van der Waals surface area contributed by atoms with Crippen LogP contribution in [0.15, 0.2) is 0 Å². The van der Waals surface area contributed by atoms with E-state index in [1.54, 1.807) is 0 Å². The van der Waals surface area contributed by atoms with Crippen LogP contribution < -0.4 is 0 Å². The molecular formula is C20H33N3O3. The molecule has 4 fully saturated rings. The average molecular weight is 364 g/mol. The fourth-order valence-corrected chi connectivity index (χ4v) is 6.07. The van der Waals surface area contributed by atoms with Gasteiger partial charge in [0.15, 0.2) is 0 Å². The van der Waals surface area contributed by atoms with Crippen molar-refractivity contribution in [3.63, 3.8) is 0 Å². The van der Waals surface area contributed by atoms with E-state index in [4.69, 9.17) is 4.74 Å². The van der Waals surface area contributed by atoms with Gasteiger partial charge in [-0.05, 0) is 57.3 Å². The van der Waals surface area contributed by atoms with Gasteiger partial charge in [0.25, 0.3) is 0 Å². The molecule has 6 heteroatoms. The highest BCUT2D eigenvalue weighted by Crippen LogP contribution is 2.55. The van der Waals surface area contributed by atoms with Crippen LogP contribution in [0.2, 0.25) is 0 Å². The Bertz CT molecular complexity index is 539.